The van der Waals surface area contributed by atoms with E-state index in [0.29, 0.717) is 12.0 Å². The highest BCUT2D eigenvalue weighted by molar-refractivity contribution is 5.81. The molecule has 1 N–H and O–H groups in total. The van der Waals surface area contributed by atoms with Gasteiger partial charge in [0, 0.05) is 36.8 Å². The third-order valence-corrected chi connectivity index (χ3v) is 4.61. The molecule has 0 amide bonds. The van der Waals surface area contributed by atoms with Gasteiger partial charge < -0.3 is 9.88 Å². The summed E-state index contributed by atoms with van der Waals surface area (Å²) >= 11 is 0. The molecule has 2 aromatic carbocycles. The van der Waals surface area contributed by atoms with E-state index in [2.05, 4.69) is 77.6 Å². The molecule has 1 aliphatic rings. The fraction of sp³-hybridized carbons (Fsp3) is 0.263. The molecule has 0 unspecified atom stereocenters. The molecule has 1 aromatic heterocycles. The molecule has 2 heteroatoms. The molecule has 3 aromatic rings. The highest BCUT2D eigenvalue weighted by Crippen LogP contribution is 2.40. The minimum Gasteiger partial charge on any atom is -0.346 e. The Morgan fingerprint density at radius 1 is 1.05 bits per heavy atom. The molecule has 0 aliphatic heterocycles. The van der Waals surface area contributed by atoms with Crippen molar-refractivity contribution < 1.29 is 0 Å². The molecule has 1 saturated carbocycles. The zero-order valence-electron chi connectivity index (χ0n) is 12.3. The molecule has 0 radical (unpaired) electrons. The van der Waals surface area contributed by atoms with Gasteiger partial charge in [0.1, 0.15) is 0 Å². The normalized spacial score (nSPS) is 20.8. The summed E-state index contributed by atoms with van der Waals surface area (Å²) in [6.07, 6.45) is 1.26. The summed E-state index contributed by atoms with van der Waals surface area (Å²) in [4.78, 5) is 0. The van der Waals surface area contributed by atoms with Crippen LogP contribution in [-0.4, -0.2) is 10.6 Å². The Morgan fingerprint density at radius 2 is 1.81 bits per heavy atom. The minimum absolute atomic E-state index is 0.630. The van der Waals surface area contributed by atoms with Crippen LogP contribution in [0.2, 0.25) is 0 Å². The standard InChI is InChI=1S/C19H20N2/c1-21-16(11-15-9-5-6-10-19(15)21)13-20-18-12-17(18)14-7-3-2-4-8-14/h2-11,17-18,20H,12-13H2,1H3/t17-,18+/m1/s1. The molecule has 1 heterocycles. The molecule has 106 valence electrons. The van der Waals surface area contributed by atoms with Crippen LogP contribution in [0.4, 0.5) is 0 Å². The molecule has 1 fully saturated rings. The predicted octanol–water partition coefficient (Wildman–Crippen LogP) is 3.82. The summed E-state index contributed by atoms with van der Waals surface area (Å²) in [6.45, 7) is 0.944. The first-order valence-electron chi connectivity index (χ1n) is 7.64. The average molecular weight is 276 g/mol. The van der Waals surface area contributed by atoms with Crippen molar-refractivity contribution in [1.29, 1.82) is 0 Å². The van der Waals surface area contributed by atoms with E-state index in [1.807, 2.05) is 0 Å². The van der Waals surface area contributed by atoms with Gasteiger partial charge in [-0.15, -0.1) is 0 Å². The number of para-hydroxylation sites is 1. The summed E-state index contributed by atoms with van der Waals surface area (Å²) in [5, 5.41) is 5.03. The van der Waals surface area contributed by atoms with Crippen LogP contribution in [0, 0.1) is 0 Å². The Balaban J connectivity index is 1.44. The lowest BCUT2D eigenvalue weighted by atomic mass is 10.1. The van der Waals surface area contributed by atoms with Crippen LogP contribution in [0.3, 0.4) is 0 Å². The third kappa shape index (κ3) is 2.36. The average Bonchev–Trinajstić information content (AvgIpc) is 3.25. The molecule has 2 atom stereocenters. The number of aryl methyl sites for hydroxylation is 1. The summed E-state index contributed by atoms with van der Waals surface area (Å²) in [7, 11) is 2.15. The maximum absolute atomic E-state index is 3.70. The lowest BCUT2D eigenvalue weighted by Gasteiger charge is -2.06. The SMILES string of the molecule is Cn1c(CN[C@H]2C[C@@H]2c2ccccc2)cc2ccccc21. The van der Waals surface area contributed by atoms with Gasteiger partial charge in [-0.3, -0.25) is 0 Å². The highest BCUT2D eigenvalue weighted by atomic mass is 15.0. The van der Waals surface area contributed by atoms with Gasteiger partial charge in [0.2, 0.25) is 0 Å². The van der Waals surface area contributed by atoms with Gasteiger partial charge in [-0.05, 0) is 29.5 Å². The summed E-state index contributed by atoms with van der Waals surface area (Å²) in [6, 6.07) is 22.3. The van der Waals surface area contributed by atoms with Gasteiger partial charge in [0.25, 0.3) is 0 Å². The number of aromatic nitrogens is 1. The van der Waals surface area contributed by atoms with E-state index in [1.165, 1.54) is 28.6 Å². The van der Waals surface area contributed by atoms with Gasteiger partial charge in [0.15, 0.2) is 0 Å². The second kappa shape index (κ2) is 5.05. The van der Waals surface area contributed by atoms with Crippen LogP contribution in [0.1, 0.15) is 23.6 Å². The van der Waals surface area contributed by atoms with Gasteiger partial charge in [-0.1, -0.05) is 48.5 Å². The van der Waals surface area contributed by atoms with E-state index in [4.69, 9.17) is 0 Å². The summed E-state index contributed by atoms with van der Waals surface area (Å²) in [5.41, 5.74) is 4.13. The Morgan fingerprint density at radius 3 is 2.62 bits per heavy atom. The quantitative estimate of drug-likeness (QED) is 0.766. The summed E-state index contributed by atoms with van der Waals surface area (Å²) < 4.78 is 2.29. The van der Waals surface area contributed by atoms with E-state index in [9.17, 15) is 0 Å². The van der Waals surface area contributed by atoms with Crippen LogP contribution >= 0.6 is 0 Å². The first-order valence-corrected chi connectivity index (χ1v) is 7.64. The van der Waals surface area contributed by atoms with Crippen molar-refractivity contribution in [3.63, 3.8) is 0 Å². The Bertz CT molecular complexity index is 758. The Kier molecular flexibility index (Phi) is 3.04. The van der Waals surface area contributed by atoms with Gasteiger partial charge >= 0.3 is 0 Å². The molecule has 0 saturated heterocycles. The number of benzene rings is 2. The number of fused-ring (bicyclic) bond motifs is 1. The topological polar surface area (TPSA) is 17.0 Å². The van der Waals surface area contributed by atoms with Crippen LogP contribution < -0.4 is 5.32 Å². The van der Waals surface area contributed by atoms with E-state index in [1.54, 1.807) is 0 Å². The summed E-state index contributed by atoms with van der Waals surface area (Å²) in [5.74, 6) is 0.695. The molecular formula is C19H20N2. The molecule has 4 rings (SSSR count). The first kappa shape index (κ1) is 12.7. The van der Waals surface area contributed by atoms with Crippen LogP contribution in [0.25, 0.3) is 10.9 Å². The van der Waals surface area contributed by atoms with Gasteiger partial charge in [-0.25, -0.2) is 0 Å². The van der Waals surface area contributed by atoms with Crippen molar-refractivity contribution in [2.24, 2.45) is 7.05 Å². The largest absolute Gasteiger partial charge is 0.346 e. The molecule has 0 bridgehead atoms. The first-order chi connectivity index (χ1) is 10.3. The van der Waals surface area contributed by atoms with Crippen LogP contribution in [0.15, 0.2) is 60.7 Å². The Labute approximate surface area is 125 Å². The van der Waals surface area contributed by atoms with Crippen LogP contribution in [0.5, 0.6) is 0 Å². The maximum Gasteiger partial charge on any atom is 0.0480 e. The van der Waals surface area contributed by atoms with E-state index in [-0.39, 0.29) is 0 Å². The molecular weight excluding hydrogens is 256 g/mol. The van der Waals surface area contributed by atoms with Crippen molar-refractivity contribution in [1.82, 2.24) is 9.88 Å². The van der Waals surface area contributed by atoms with Gasteiger partial charge in [0.05, 0.1) is 0 Å². The van der Waals surface area contributed by atoms with Crippen molar-refractivity contribution in [3.8, 4) is 0 Å². The van der Waals surface area contributed by atoms with E-state index < -0.39 is 0 Å². The fourth-order valence-corrected chi connectivity index (χ4v) is 3.24. The second-order valence-corrected chi connectivity index (χ2v) is 5.99. The molecule has 1 aliphatic carbocycles. The minimum atomic E-state index is 0.630. The lowest BCUT2D eigenvalue weighted by molar-refractivity contribution is 0.644. The smallest absolute Gasteiger partial charge is 0.0480 e. The molecule has 2 nitrogen and oxygen atoms in total. The monoisotopic (exact) mass is 276 g/mol. The van der Waals surface area contributed by atoms with Crippen molar-refractivity contribution in [2.75, 3.05) is 0 Å². The highest BCUT2D eigenvalue weighted by Gasteiger charge is 2.37. The number of nitrogens with one attached hydrogen (secondary N) is 1. The van der Waals surface area contributed by atoms with E-state index >= 15 is 0 Å². The second-order valence-electron chi connectivity index (χ2n) is 5.99. The molecule has 21 heavy (non-hydrogen) atoms. The number of hydrogen-bond donors (Lipinski definition) is 1. The predicted molar refractivity (Wildman–Crippen MR) is 87.3 cm³/mol. The zero-order chi connectivity index (χ0) is 14.2. The Hall–Kier alpha value is -2.06. The lowest BCUT2D eigenvalue weighted by Crippen LogP contribution is -2.18. The number of nitrogens with zero attached hydrogens (tertiary/aromatic N) is 1. The van der Waals surface area contributed by atoms with Crippen molar-refractivity contribution >= 4 is 10.9 Å². The van der Waals surface area contributed by atoms with Gasteiger partial charge in [-0.2, -0.15) is 0 Å². The fourth-order valence-electron chi connectivity index (χ4n) is 3.24. The number of rotatable bonds is 4. The maximum atomic E-state index is 3.70. The van der Waals surface area contributed by atoms with Crippen molar-refractivity contribution in [3.05, 3.63) is 71.9 Å². The van der Waals surface area contributed by atoms with E-state index in [0.717, 1.165) is 6.54 Å². The third-order valence-electron chi connectivity index (χ3n) is 4.61. The van der Waals surface area contributed by atoms with Crippen molar-refractivity contribution in [2.45, 2.75) is 24.9 Å². The number of hydrogen-bond acceptors (Lipinski definition) is 1. The zero-order valence-corrected chi connectivity index (χ0v) is 12.3. The van der Waals surface area contributed by atoms with Crippen LogP contribution in [-0.2, 0) is 13.6 Å². The molecule has 0 spiro atoms.